The highest BCUT2D eigenvalue weighted by atomic mass is 16.5. The van der Waals surface area contributed by atoms with E-state index in [2.05, 4.69) is 19.9 Å². The number of nitriles is 1. The number of hydrogen-bond acceptors (Lipinski definition) is 7. The van der Waals surface area contributed by atoms with Crippen LogP contribution in [0.5, 0.6) is 0 Å². The Kier molecular flexibility index (Phi) is 3.42. The fraction of sp³-hybridized carbons (Fsp3) is 0.667. The zero-order valence-electron chi connectivity index (χ0n) is 10.7. The summed E-state index contributed by atoms with van der Waals surface area (Å²) in [7, 11) is 0. The summed E-state index contributed by atoms with van der Waals surface area (Å²) in [6.45, 7) is 4.77. The lowest BCUT2D eigenvalue weighted by atomic mass is 10.4. The highest BCUT2D eigenvalue weighted by molar-refractivity contribution is 5.41. The van der Waals surface area contributed by atoms with E-state index in [1.807, 2.05) is 11.0 Å². The van der Waals surface area contributed by atoms with Crippen molar-refractivity contribution in [3.63, 3.8) is 0 Å². The maximum Gasteiger partial charge on any atom is 0.238 e. The zero-order chi connectivity index (χ0) is 13.1. The van der Waals surface area contributed by atoms with Crippen molar-refractivity contribution in [2.45, 2.75) is 12.8 Å². The monoisotopic (exact) mass is 260 g/mol. The molecule has 0 unspecified atom stereocenters. The van der Waals surface area contributed by atoms with Crippen LogP contribution in [0, 0.1) is 11.3 Å². The predicted molar refractivity (Wildman–Crippen MR) is 69.0 cm³/mol. The SMILES string of the molecule is N#Cc1nc(N2CCCC2)nc(N2CCOCC2)n1. The Morgan fingerprint density at radius 3 is 2.05 bits per heavy atom. The van der Waals surface area contributed by atoms with E-state index in [9.17, 15) is 0 Å². The lowest BCUT2D eigenvalue weighted by Crippen LogP contribution is -2.38. The third-order valence-corrected chi connectivity index (χ3v) is 3.39. The second-order valence-electron chi connectivity index (χ2n) is 4.66. The molecule has 0 N–H and O–H groups in total. The van der Waals surface area contributed by atoms with E-state index >= 15 is 0 Å². The molecule has 19 heavy (non-hydrogen) atoms. The van der Waals surface area contributed by atoms with E-state index < -0.39 is 0 Å². The second-order valence-corrected chi connectivity index (χ2v) is 4.66. The quantitative estimate of drug-likeness (QED) is 0.750. The summed E-state index contributed by atoms with van der Waals surface area (Å²) < 4.78 is 5.32. The maximum absolute atomic E-state index is 9.06. The van der Waals surface area contributed by atoms with E-state index in [1.165, 1.54) is 0 Å². The molecule has 1 aromatic heterocycles. The average molecular weight is 260 g/mol. The number of anilines is 2. The molecule has 1 aromatic rings. The highest BCUT2D eigenvalue weighted by Gasteiger charge is 2.20. The van der Waals surface area contributed by atoms with Crippen LogP contribution in [-0.2, 0) is 4.74 Å². The van der Waals surface area contributed by atoms with Crippen molar-refractivity contribution < 1.29 is 4.74 Å². The minimum absolute atomic E-state index is 0.193. The van der Waals surface area contributed by atoms with E-state index in [-0.39, 0.29) is 5.82 Å². The predicted octanol–water partition coefficient (Wildman–Crippen LogP) is 0.180. The fourth-order valence-corrected chi connectivity index (χ4v) is 2.37. The number of aromatic nitrogens is 3. The summed E-state index contributed by atoms with van der Waals surface area (Å²) in [6, 6.07) is 2.02. The van der Waals surface area contributed by atoms with Crippen LogP contribution >= 0.6 is 0 Å². The molecule has 3 rings (SSSR count). The summed E-state index contributed by atoms with van der Waals surface area (Å²) in [5.74, 6) is 1.42. The third kappa shape index (κ3) is 2.58. The van der Waals surface area contributed by atoms with Crippen molar-refractivity contribution in [2.75, 3.05) is 49.2 Å². The molecular weight excluding hydrogens is 244 g/mol. The molecule has 0 atom stereocenters. The van der Waals surface area contributed by atoms with Gasteiger partial charge in [0.25, 0.3) is 0 Å². The number of nitrogens with zero attached hydrogens (tertiary/aromatic N) is 6. The van der Waals surface area contributed by atoms with Gasteiger partial charge in [0.15, 0.2) is 0 Å². The Morgan fingerprint density at radius 2 is 1.47 bits per heavy atom. The summed E-state index contributed by atoms with van der Waals surface area (Å²) in [5.41, 5.74) is 0. The molecule has 0 aliphatic carbocycles. The molecule has 2 saturated heterocycles. The third-order valence-electron chi connectivity index (χ3n) is 3.39. The zero-order valence-corrected chi connectivity index (χ0v) is 10.7. The molecule has 0 radical (unpaired) electrons. The van der Waals surface area contributed by atoms with Gasteiger partial charge in [0, 0.05) is 26.2 Å². The molecule has 7 heteroatoms. The summed E-state index contributed by atoms with van der Waals surface area (Å²) in [5, 5.41) is 9.06. The van der Waals surface area contributed by atoms with Crippen molar-refractivity contribution in [1.82, 2.24) is 15.0 Å². The number of rotatable bonds is 2. The Morgan fingerprint density at radius 1 is 0.895 bits per heavy atom. The molecule has 2 aliphatic rings. The van der Waals surface area contributed by atoms with Gasteiger partial charge in [0.05, 0.1) is 13.2 Å². The van der Waals surface area contributed by atoms with Crippen molar-refractivity contribution in [1.29, 1.82) is 5.26 Å². The van der Waals surface area contributed by atoms with Crippen LogP contribution in [0.3, 0.4) is 0 Å². The van der Waals surface area contributed by atoms with Crippen LogP contribution in [-0.4, -0.2) is 54.3 Å². The van der Waals surface area contributed by atoms with Gasteiger partial charge in [-0.05, 0) is 12.8 Å². The van der Waals surface area contributed by atoms with Crippen molar-refractivity contribution in [3.8, 4) is 6.07 Å². The molecule has 0 aromatic carbocycles. The molecule has 0 amide bonds. The Balaban J connectivity index is 1.90. The van der Waals surface area contributed by atoms with E-state index in [0.717, 1.165) is 39.0 Å². The lowest BCUT2D eigenvalue weighted by molar-refractivity contribution is 0.122. The fourth-order valence-electron chi connectivity index (χ4n) is 2.37. The number of morpholine rings is 1. The molecule has 0 bridgehead atoms. The first-order chi connectivity index (χ1) is 9.36. The highest BCUT2D eigenvalue weighted by Crippen LogP contribution is 2.19. The van der Waals surface area contributed by atoms with Gasteiger partial charge in [-0.25, -0.2) is 0 Å². The maximum atomic E-state index is 9.06. The van der Waals surface area contributed by atoms with Crippen LogP contribution < -0.4 is 9.80 Å². The second kappa shape index (κ2) is 5.36. The normalized spacial score (nSPS) is 19.5. The van der Waals surface area contributed by atoms with E-state index in [4.69, 9.17) is 10.00 Å². The first kappa shape index (κ1) is 12.1. The van der Waals surface area contributed by atoms with Crippen LogP contribution in [0.4, 0.5) is 11.9 Å². The van der Waals surface area contributed by atoms with Gasteiger partial charge in [-0.3, -0.25) is 0 Å². The Labute approximate surface area is 111 Å². The molecule has 2 aliphatic heterocycles. The van der Waals surface area contributed by atoms with Gasteiger partial charge in [-0.2, -0.15) is 20.2 Å². The largest absolute Gasteiger partial charge is 0.378 e. The van der Waals surface area contributed by atoms with Crippen LogP contribution in [0.15, 0.2) is 0 Å². The standard InChI is InChI=1S/C12H16N6O/c13-9-10-14-11(17-3-1-2-4-17)16-12(15-10)18-5-7-19-8-6-18/h1-8H2. The minimum atomic E-state index is 0.193. The van der Waals surface area contributed by atoms with Gasteiger partial charge >= 0.3 is 0 Å². The number of ether oxygens (including phenoxy) is 1. The summed E-state index contributed by atoms with van der Waals surface area (Å²) in [4.78, 5) is 17.1. The molecule has 0 spiro atoms. The minimum Gasteiger partial charge on any atom is -0.378 e. The van der Waals surface area contributed by atoms with Gasteiger partial charge in [-0.1, -0.05) is 0 Å². The first-order valence-electron chi connectivity index (χ1n) is 6.60. The van der Waals surface area contributed by atoms with E-state index in [0.29, 0.717) is 25.1 Å². The molecule has 3 heterocycles. The van der Waals surface area contributed by atoms with Crippen molar-refractivity contribution in [3.05, 3.63) is 5.82 Å². The Bertz CT molecular complexity index is 487. The van der Waals surface area contributed by atoms with Gasteiger partial charge in [-0.15, -0.1) is 0 Å². The van der Waals surface area contributed by atoms with Crippen molar-refractivity contribution in [2.24, 2.45) is 0 Å². The summed E-state index contributed by atoms with van der Waals surface area (Å²) in [6.07, 6.45) is 2.31. The van der Waals surface area contributed by atoms with Gasteiger partial charge < -0.3 is 14.5 Å². The summed E-state index contributed by atoms with van der Waals surface area (Å²) >= 11 is 0. The average Bonchev–Trinajstić information content (AvgIpc) is 3.02. The van der Waals surface area contributed by atoms with Crippen LogP contribution in [0.25, 0.3) is 0 Å². The van der Waals surface area contributed by atoms with Crippen molar-refractivity contribution >= 4 is 11.9 Å². The molecule has 2 fully saturated rings. The smallest absolute Gasteiger partial charge is 0.238 e. The van der Waals surface area contributed by atoms with Crippen LogP contribution in [0.2, 0.25) is 0 Å². The molecule has 7 nitrogen and oxygen atoms in total. The van der Waals surface area contributed by atoms with E-state index in [1.54, 1.807) is 0 Å². The van der Waals surface area contributed by atoms with Crippen LogP contribution in [0.1, 0.15) is 18.7 Å². The molecule has 0 saturated carbocycles. The molecular formula is C12H16N6O. The Hall–Kier alpha value is -1.94. The van der Waals surface area contributed by atoms with Gasteiger partial charge in [0.1, 0.15) is 6.07 Å². The topological polar surface area (TPSA) is 78.2 Å². The van der Waals surface area contributed by atoms with Gasteiger partial charge in [0.2, 0.25) is 17.7 Å². The number of hydrogen-bond donors (Lipinski definition) is 0. The molecule has 100 valence electrons. The first-order valence-corrected chi connectivity index (χ1v) is 6.60. The lowest BCUT2D eigenvalue weighted by Gasteiger charge is -2.27.